The summed E-state index contributed by atoms with van der Waals surface area (Å²) in [6, 6.07) is 6.35. The van der Waals surface area contributed by atoms with Crippen LogP contribution in [0.15, 0.2) is 24.3 Å². The first kappa shape index (κ1) is 28.5. The predicted octanol–water partition coefficient (Wildman–Crippen LogP) is 3.71. The number of piperidine rings is 1. The number of hydrogen-bond donors (Lipinski definition) is 2. The van der Waals surface area contributed by atoms with Gasteiger partial charge in [0, 0.05) is 31.2 Å². The lowest BCUT2D eigenvalue weighted by atomic mass is 9.94. The number of benzene rings is 1. The lowest BCUT2D eigenvalue weighted by Crippen LogP contribution is -2.53. The average molecular weight is 515 g/mol. The summed E-state index contributed by atoms with van der Waals surface area (Å²) >= 11 is 0. The number of ether oxygens (including phenoxy) is 1. The Morgan fingerprint density at radius 1 is 0.973 bits per heavy atom. The summed E-state index contributed by atoms with van der Waals surface area (Å²) in [6.45, 7) is 12.6. The molecular formula is C28H42N4O5. The van der Waals surface area contributed by atoms with E-state index in [0.717, 1.165) is 12.0 Å². The Hall–Kier alpha value is -3.10. The minimum atomic E-state index is -0.658. The van der Waals surface area contributed by atoms with Crippen LogP contribution in [0.1, 0.15) is 65.9 Å². The zero-order valence-electron chi connectivity index (χ0n) is 23.0. The molecule has 1 unspecified atom stereocenters. The Morgan fingerprint density at radius 2 is 1.59 bits per heavy atom. The van der Waals surface area contributed by atoms with Gasteiger partial charge < -0.3 is 20.3 Å². The molecule has 0 saturated carbocycles. The molecule has 204 valence electrons. The summed E-state index contributed by atoms with van der Waals surface area (Å²) in [5.74, 6) is -0.857. The minimum Gasteiger partial charge on any atom is -0.444 e. The zero-order chi connectivity index (χ0) is 27.3. The maximum absolute atomic E-state index is 13.2. The topological polar surface area (TPSA) is 108 Å². The van der Waals surface area contributed by atoms with Crippen molar-refractivity contribution in [3.8, 4) is 0 Å². The largest absolute Gasteiger partial charge is 0.444 e. The second-order valence-corrected chi connectivity index (χ2v) is 11.5. The van der Waals surface area contributed by atoms with Crippen molar-refractivity contribution in [3.63, 3.8) is 0 Å². The zero-order valence-corrected chi connectivity index (χ0v) is 23.0. The predicted molar refractivity (Wildman–Crippen MR) is 142 cm³/mol. The van der Waals surface area contributed by atoms with Crippen LogP contribution < -0.4 is 10.6 Å². The van der Waals surface area contributed by atoms with Crippen LogP contribution in [0.4, 0.5) is 10.5 Å². The van der Waals surface area contributed by atoms with E-state index in [0.29, 0.717) is 44.6 Å². The second kappa shape index (κ2) is 12.0. The molecule has 2 N–H and O–H groups in total. The maximum atomic E-state index is 13.2. The third-order valence-corrected chi connectivity index (χ3v) is 6.91. The molecular weight excluding hydrogens is 472 g/mol. The molecule has 9 heteroatoms. The van der Waals surface area contributed by atoms with Crippen LogP contribution in [0.3, 0.4) is 0 Å². The van der Waals surface area contributed by atoms with Gasteiger partial charge in [-0.05, 0) is 71.4 Å². The van der Waals surface area contributed by atoms with E-state index >= 15 is 0 Å². The molecule has 2 aliphatic rings. The van der Waals surface area contributed by atoms with Gasteiger partial charge in [0.15, 0.2) is 0 Å². The van der Waals surface area contributed by atoms with Crippen molar-refractivity contribution in [3.05, 3.63) is 29.8 Å². The molecule has 0 spiro atoms. The SMILES string of the molecule is Cc1ccc(NC(=O)[C@@H](NC(=O)C2CCN(C(=O)C3CCCN3C(=O)OC(C)(C)C)CC2)C(C)C)cc1. The molecule has 2 fully saturated rings. The van der Waals surface area contributed by atoms with Gasteiger partial charge in [-0.25, -0.2) is 4.79 Å². The number of anilines is 1. The number of rotatable bonds is 6. The van der Waals surface area contributed by atoms with Gasteiger partial charge >= 0.3 is 6.09 Å². The Labute approximate surface area is 220 Å². The molecule has 0 aliphatic carbocycles. The van der Waals surface area contributed by atoms with Gasteiger partial charge in [0.2, 0.25) is 17.7 Å². The maximum Gasteiger partial charge on any atom is 0.410 e. The molecule has 3 rings (SSSR count). The standard InChI is InChI=1S/C28H42N4O5/c1-18(2)23(25(34)29-21-11-9-19(3)10-12-21)30-24(33)20-13-16-31(17-14-20)26(35)22-8-7-15-32(22)27(36)37-28(4,5)6/h9-12,18,20,22-23H,7-8,13-17H2,1-6H3,(H,29,34)(H,30,33)/t22?,23-/m0/s1. The van der Waals surface area contributed by atoms with Crippen molar-refractivity contribution in [2.45, 2.75) is 84.9 Å². The monoisotopic (exact) mass is 514 g/mol. The summed E-state index contributed by atoms with van der Waals surface area (Å²) in [5.41, 5.74) is 1.17. The van der Waals surface area contributed by atoms with Gasteiger partial charge in [0.05, 0.1) is 0 Å². The van der Waals surface area contributed by atoms with E-state index in [1.807, 2.05) is 65.8 Å². The summed E-state index contributed by atoms with van der Waals surface area (Å²) in [4.78, 5) is 55.1. The number of amides is 4. The van der Waals surface area contributed by atoms with Crippen molar-refractivity contribution < 1.29 is 23.9 Å². The van der Waals surface area contributed by atoms with E-state index in [9.17, 15) is 19.2 Å². The Balaban J connectivity index is 1.53. The fraction of sp³-hybridized carbons (Fsp3) is 0.643. The van der Waals surface area contributed by atoms with Gasteiger partial charge in [-0.1, -0.05) is 31.5 Å². The number of nitrogens with zero attached hydrogens (tertiary/aromatic N) is 2. The van der Waals surface area contributed by atoms with E-state index in [2.05, 4.69) is 10.6 Å². The highest BCUT2D eigenvalue weighted by atomic mass is 16.6. The number of hydrogen-bond acceptors (Lipinski definition) is 5. The Morgan fingerprint density at radius 3 is 2.16 bits per heavy atom. The first-order chi connectivity index (χ1) is 17.4. The molecule has 2 aliphatic heterocycles. The molecule has 4 amide bonds. The van der Waals surface area contributed by atoms with Gasteiger partial charge in [0.25, 0.3) is 0 Å². The van der Waals surface area contributed by atoms with Crippen LogP contribution in [-0.4, -0.2) is 70.9 Å². The summed E-state index contributed by atoms with van der Waals surface area (Å²) in [7, 11) is 0. The van der Waals surface area contributed by atoms with Crippen LogP contribution in [0.2, 0.25) is 0 Å². The second-order valence-electron chi connectivity index (χ2n) is 11.5. The number of carbonyl (C=O) groups is 4. The van der Waals surface area contributed by atoms with Crippen LogP contribution in [0.25, 0.3) is 0 Å². The van der Waals surface area contributed by atoms with Crippen molar-refractivity contribution in [2.75, 3.05) is 25.0 Å². The van der Waals surface area contributed by atoms with Crippen molar-refractivity contribution in [1.82, 2.24) is 15.1 Å². The summed E-state index contributed by atoms with van der Waals surface area (Å²) in [6.07, 6.45) is 1.95. The van der Waals surface area contributed by atoms with E-state index in [-0.39, 0.29) is 29.6 Å². The lowest BCUT2D eigenvalue weighted by Gasteiger charge is -2.36. The molecule has 1 aromatic rings. The van der Waals surface area contributed by atoms with E-state index in [4.69, 9.17) is 4.74 Å². The van der Waals surface area contributed by atoms with Gasteiger partial charge in [0.1, 0.15) is 17.7 Å². The quantitative estimate of drug-likeness (QED) is 0.602. The van der Waals surface area contributed by atoms with Crippen molar-refractivity contribution >= 4 is 29.5 Å². The summed E-state index contributed by atoms with van der Waals surface area (Å²) < 4.78 is 5.49. The molecule has 2 atom stereocenters. The fourth-order valence-electron chi connectivity index (χ4n) is 4.80. The highest BCUT2D eigenvalue weighted by molar-refractivity contribution is 5.97. The van der Waals surface area contributed by atoms with Crippen molar-refractivity contribution in [1.29, 1.82) is 0 Å². The first-order valence-corrected chi connectivity index (χ1v) is 13.3. The molecule has 1 aromatic carbocycles. The van der Waals surface area contributed by atoms with Crippen LogP contribution >= 0.6 is 0 Å². The lowest BCUT2D eigenvalue weighted by molar-refractivity contribution is -0.139. The molecule has 0 radical (unpaired) electrons. The van der Waals surface area contributed by atoms with Crippen LogP contribution in [-0.2, 0) is 19.1 Å². The third-order valence-electron chi connectivity index (χ3n) is 6.91. The molecule has 9 nitrogen and oxygen atoms in total. The third kappa shape index (κ3) is 7.69. The molecule has 37 heavy (non-hydrogen) atoms. The Bertz CT molecular complexity index is 977. The van der Waals surface area contributed by atoms with Crippen LogP contribution in [0, 0.1) is 18.8 Å². The fourth-order valence-corrected chi connectivity index (χ4v) is 4.80. The minimum absolute atomic E-state index is 0.0836. The van der Waals surface area contributed by atoms with E-state index in [1.165, 1.54) is 4.90 Å². The molecule has 2 saturated heterocycles. The smallest absolute Gasteiger partial charge is 0.410 e. The van der Waals surface area contributed by atoms with Gasteiger partial charge in [-0.2, -0.15) is 0 Å². The highest BCUT2D eigenvalue weighted by Crippen LogP contribution is 2.25. The first-order valence-electron chi connectivity index (χ1n) is 13.3. The molecule has 0 bridgehead atoms. The normalized spacial score (nSPS) is 19.5. The highest BCUT2D eigenvalue weighted by Gasteiger charge is 2.40. The van der Waals surface area contributed by atoms with Crippen LogP contribution in [0.5, 0.6) is 0 Å². The number of likely N-dealkylation sites (tertiary alicyclic amines) is 2. The molecule has 2 heterocycles. The van der Waals surface area contributed by atoms with Crippen molar-refractivity contribution in [2.24, 2.45) is 11.8 Å². The average Bonchev–Trinajstić information content (AvgIpc) is 3.32. The van der Waals surface area contributed by atoms with Gasteiger partial charge in [-0.15, -0.1) is 0 Å². The number of aryl methyl sites for hydroxylation is 1. The summed E-state index contributed by atoms with van der Waals surface area (Å²) in [5, 5.41) is 5.83. The Kier molecular flexibility index (Phi) is 9.21. The number of nitrogens with one attached hydrogen (secondary N) is 2. The van der Waals surface area contributed by atoms with Gasteiger partial charge in [-0.3, -0.25) is 19.3 Å². The number of carbonyl (C=O) groups excluding carboxylic acids is 4. The van der Waals surface area contributed by atoms with E-state index in [1.54, 1.807) is 4.90 Å². The molecule has 0 aromatic heterocycles. The van der Waals surface area contributed by atoms with E-state index < -0.39 is 23.8 Å².